The fourth-order valence-corrected chi connectivity index (χ4v) is 3.34. The van der Waals surface area contributed by atoms with E-state index in [1.165, 1.54) is 16.0 Å². The zero-order valence-corrected chi connectivity index (χ0v) is 12.6. The van der Waals surface area contributed by atoms with E-state index in [1.807, 2.05) is 23.5 Å². The monoisotopic (exact) mass is 275 g/mol. The molecule has 0 bridgehead atoms. The van der Waals surface area contributed by atoms with Crippen LogP contribution in [-0.4, -0.2) is 13.7 Å². The lowest BCUT2D eigenvalue weighted by Gasteiger charge is -2.19. The van der Waals surface area contributed by atoms with Crippen LogP contribution in [0.25, 0.3) is 0 Å². The normalized spacial score (nSPS) is 12.4. The molecule has 0 aliphatic heterocycles. The van der Waals surface area contributed by atoms with Gasteiger partial charge in [0, 0.05) is 10.9 Å². The summed E-state index contributed by atoms with van der Waals surface area (Å²) in [6.07, 6.45) is 0.958. The number of hydrogen-bond acceptors (Lipinski definition) is 3. The highest BCUT2D eigenvalue weighted by Crippen LogP contribution is 2.29. The van der Waals surface area contributed by atoms with Crippen LogP contribution in [0.2, 0.25) is 0 Å². The van der Waals surface area contributed by atoms with Crippen LogP contribution < -0.4 is 10.1 Å². The van der Waals surface area contributed by atoms with E-state index in [1.54, 1.807) is 7.11 Å². The van der Waals surface area contributed by atoms with Gasteiger partial charge in [0.15, 0.2) is 0 Å². The Morgan fingerprint density at radius 3 is 2.68 bits per heavy atom. The van der Waals surface area contributed by atoms with E-state index in [9.17, 15) is 0 Å². The molecule has 0 saturated heterocycles. The summed E-state index contributed by atoms with van der Waals surface area (Å²) in [5.41, 5.74) is 2.62. The molecule has 1 aromatic carbocycles. The fraction of sp³-hybridized carbons (Fsp3) is 0.375. The van der Waals surface area contributed by atoms with Crippen LogP contribution >= 0.6 is 11.3 Å². The highest BCUT2D eigenvalue weighted by atomic mass is 32.1. The Morgan fingerprint density at radius 1 is 1.26 bits per heavy atom. The van der Waals surface area contributed by atoms with Gasteiger partial charge in [0.1, 0.15) is 5.75 Å². The number of likely N-dealkylation sites (N-methyl/N-ethyl adjacent to an activating group) is 1. The minimum Gasteiger partial charge on any atom is -0.496 e. The summed E-state index contributed by atoms with van der Waals surface area (Å²) < 4.78 is 5.45. The number of thiophene rings is 1. The Morgan fingerprint density at radius 2 is 2.05 bits per heavy atom. The molecule has 0 radical (unpaired) electrons. The van der Waals surface area contributed by atoms with Crippen molar-refractivity contribution in [1.82, 2.24) is 5.32 Å². The van der Waals surface area contributed by atoms with Gasteiger partial charge in [-0.05, 0) is 48.5 Å². The van der Waals surface area contributed by atoms with E-state index in [2.05, 4.69) is 42.7 Å². The smallest absolute Gasteiger partial charge is 0.122 e. The Bertz CT molecular complexity index is 521. The van der Waals surface area contributed by atoms with Crippen LogP contribution in [0.4, 0.5) is 0 Å². The molecule has 2 aromatic rings. The molecule has 1 heterocycles. The zero-order chi connectivity index (χ0) is 13.7. The molecule has 19 heavy (non-hydrogen) atoms. The van der Waals surface area contributed by atoms with E-state index in [4.69, 9.17) is 4.74 Å². The van der Waals surface area contributed by atoms with Crippen molar-refractivity contribution in [2.75, 3.05) is 13.7 Å². The van der Waals surface area contributed by atoms with E-state index >= 15 is 0 Å². The van der Waals surface area contributed by atoms with Crippen LogP contribution in [0.1, 0.15) is 29.0 Å². The van der Waals surface area contributed by atoms with Gasteiger partial charge in [0.05, 0.1) is 7.11 Å². The first-order chi connectivity index (χ1) is 9.26. The van der Waals surface area contributed by atoms with Crippen LogP contribution in [0.5, 0.6) is 5.75 Å². The molecule has 2 rings (SSSR count). The molecule has 0 aliphatic rings. The molecular formula is C16H21NOS. The Labute approximate surface area is 119 Å². The van der Waals surface area contributed by atoms with Gasteiger partial charge in [0.25, 0.3) is 0 Å². The summed E-state index contributed by atoms with van der Waals surface area (Å²) >= 11 is 1.83. The number of benzene rings is 1. The summed E-state index contributed by atoms with van der Waals surface area (Å²) in [4.78, 5) is 1.42. The van der Waals surface area contributed by atoms with Crippen molar-refractivity contribution < 1.29 is 4.74 Å². The molecule has 0 spiro atoms. The van der Waals surface area contributed by atoms with Gasteiger partial charge in [-0.15, -0.1) is 11.3 Å². The van der Waals surface area contributed by atoms with E-state index in [0.29, 0.717) is 6.04 Å². The molecular weight excluding hydrogens is 254 g/mol. The van der Waals surface area contributed by atoms with Crippen molar-refractivity contribution in [2.24, 2.45) is 0 Å². The summed E-state index contributed by atoms with van der Waals surface area (Å²) in [6, 6.07) is 10.8. The number of aryl methyl sites for hydroxylation is 1. The van der Waals surface area contributed by atoms with Gasteiger partial charge in [0.2, 0.25) is 0 Å². The predicted octanol–water partition coefficient (Wildman–Crippen LogP) is 3.96. The van der Waals surface area contributed by atoms with Crippen molar-refractivity contribution in [1.29, 1.82) is 0 Å². The van der Waals surface area contributed by atoms with E-state index < -0.39 is 0 Å². The number of nitrogens with one attached hydrogen (secondary N) is 1. The highest BCUT2D eigenvalue weighted by Gasteiger charge is 2.16. The topological polar surface area (TPSA) is 21.3 Å². The SMILES string of the molecule is CCNC(Cc1ccccc1OC)c1sccc1C. The zero-order valence-electron chi connectivity index (χ0n) is 11.8. The molecule has 0 aliphatic carbocycles. The summed E-state index contributed by atoms with van der Waals surface area (Å²) in [5, 5.41) is 5.74. The van der Waals surface area contributed by atoms with Crippen molar-refractivity contribution in [3.8, 4) is 5.75 Å². The second kappa shape index (κ2) is 6.73. The largest absolute Gasteiger partial charge is 0.496 e. The van der Waals surface area contributed by atoms with Crippen LogP contribution in [0, 0.1) is 6.92 Å². The lowest BCUT2D eigenvalue weighted by Crippen LogP contribution is -2.22. The molecule has 3 heteroatoms. The lowest BCUT2D eigenvalue weighted by atomic mass is 10.0. The fourth-order valence-electron chi connectivity index (χ4n) is 2.34. The summed E-state index contributed by atoms with van der Waals surface area (Å²) in [5.74, 6) is 0.972. The molecule has 0 saturated carbocycles. The lowest BCUT2D eigenvalue weighted by molar-refractivity contribution is 0.406. The van der Waals surface area contributed by atoms with Crippen LogP contribution in [-0.2, 0) is 6.42 Å². The van der Waals surface area contributed by atoms with Crippen molar-refractivity contribution in [3.63, 3.8) is 0 Å². The number of ether oxygens (including phenoxy) is 1. The average molecular weight is 275 g/mol. The molecule has 1 N–H and O–H groups in total. The molecule has 1 aromatic heterocycles. The minimum absolute atomic E-state index is 0.362. The highest BCUT2D eigenvalue weighted by molar-refractivity contribution is 7.10. The van der Waals surface area contributed by atoms with Gasteiger partial charge in [-0.1, -0.05) is 25.1 Å². The Balaban J connectivity index is 2.24. The number of hydrogen-bond donors (Lipinski definition) is 1. The molecule has 0 fully saturated rings. The second-order valence-corrected chi connectivity index (χ2v) is 5.54. The molecule has 1 unspecified atom stereocenters. The molecule has 1 atom stereocenters. The van der Waals surface area contributed by atoms with Gasteiger partial charge in [-0.25, -0.2) is 0 Å². The third-order valence-electron chi connectivity index (χ3n) is 3.29. The van der Waals surface area contributed by atoms with Gasteiger partial charge >= 0.3 is 0 Å². The first-order valence-corrected chi connectivity index (χ1v) is 7.53. The average Bonchev–Trinajstić information content (AvgIpc) is 2.85. The maximum Gasteiger partial charge on any atom is 0.122 e. The first kappa shape index (κ1) is 14.1. The number of para-hydroxylation sites is 1. The molecule has 2 nitrogen and oxygen atoms in total. The first-order valence-electron chi connectivity index (χ1n) is 6.65. The predicted molar refractivity (Wildman–Crippen MR) is 82.2 cm³/mol. The summed E-state index contributed by atoms with van der Waals surface area (Å²) in [7, 11) is 1.73. The van der Waals surface area contributed by atoms with Crippen molar-refractivity contribution in [3.05, 3.63) is 51.7 Å². The van der Waals surface area contributed by atoms with Gasteiger partial charge < -0.3 is 10.1 Å². The van der Waals surface area contributed by atoms with Crippen LogP contribution in [0.3, 0.4) is 0 Å². The van der Waals surface area contributed by atoms with Gasteiger partial charge in [-0.2, -0.15) is 0 Å². The Kier molecular flexibility index (Phi) is 5.00. The minimum atomic E-state index is 0.362. The standard InChI is InChI=1S/C16H21NOS/c1-4-17-14(16-12(2)9-10-19-16)11-13-7-5-6-8-15(13)18-3/h5-10,14,17H,4,11H2,1-3H3. The molecule has 102 valence electrons. The Hall–Kier alpha value is -1.32. The van der Waals surface area contributed by atoms with Crippen molar-refractivity contribution in [2.45, 2.75) is 26.3 Å². The van der Waals surface area contributed by atoms with E-state index in [0.717, 1.165) is 18.7 Å². The third-order valence-corrected chi connectivity index (χ3v) is 4.42. The van der Waals surface area contributed by atoms with Gasteiger partial charge in [-0.3, -0.25) is 0 Å². The quantitative estimate of drug-likeness (QED) is 0.861. The van der Waals surface area contributed by atoms with E-state index in [-0.39, 0.29) is 0 Å². The molecule has 0 amide bonds. The summed E-state index contributed by atoms with van der Waals surface area (Å²) in [6.45, 7) is 5.30. The van der Waals surface area contributed by atoms with Crippen LogP contribution in [0.15, 0.2) is 35.7 Å². The second-order valence-electron chi connectivity index (χ2n) is 4.59. The maximum absolute atomic E-state index is 5.45. The number of methoxy groups -OCH3 is 1. The third kappa shape index (κ3) is 3.37. The number of rotatable bonds is 6. The van der Waals surface area contributed by atoms with Crippen molar-refractivity contribution >= 4 is 11.3 Å². The maximum atomic E-state index is 5.45.